The molecule has 0 unspecified atom stereocenters. The molecule has 7 heteroatoms. The van der Waals surface area contributed by atoms with Gasteiger partial charge in [0.2, 0.25) is 0 Å². The quantitative estimate of drug-likeness (QED) is 0.356. The van der Waals surface area contributed by atoms with Gasteiger partial charge in [0.15, 0.2) is 0 Å². The highest BCUT2D eigenvalue weighted by Gasteiger charge is 2.21. The molecule has 3 rings (SSSR count). The van der Waals surface area contributed by atoms with Gasteiger partial charge in [-0.2, -0.15) is 4.91 Å². The van der Waals surface area contributed by atoms with Gasteiger partial charge in [0.05, 0.1) is 5.69 Å². The van der Waals surface area contributed by atoms with Crippen molar-refractivity contribution in [3.8, 4) is 11.5 Å². The van der Waals surface area contributed by atoms with Gasteiger partial charge in [-0.15, -0.1) is 0 Å². The van der Waals surface area contributed by atoms with E-state index in [1.54, 1.807) is 24.3 Å². The van der Waals surface area contributed by atoms with Crippen LogP contribution in [0.15, 0.2) is 78.0 Å². The van der Waals surface area contributed by atoms with Gasteiger partial charge in [-0.25, -0.2) is 4.90 Å². The van der Waals surface area contributed by atoms with Gasteiger partial charge < -0.3 is 9.47 Å². The maximum atomic E-state index is 10.5. The van der Waals surface area contributed by atoms with Crippen molar-refractivity contribution >= 4 is 40.5 Å². The second kappa shape index (κ2) is 10.0. The topological polar surface area (TPSA) is 51.1 Å². The van der Waals surface area contributed by atoms with Crippen LogP contribution in [0.2, 0.25) is 0 Å². The Bertz CT molecular complexity index is 974. The fourth-order valence-corrected chi connectivity index (χ4v) is 3.24. The number of anilines is 1. The molecular formula is C23H20N2O3S2. The molecule has 0 aliphatic rings. The van der Waals surface area contributed by atoms with Crippen molar-refractivity contribution in [2.24, 2.45) is 5.18 Å². The highest BCUT2D eigenvalue weighted by Crippen LogP contribution is 2.22. The second-order valence-electron chi connectivity index (χ2n) is 6.65. The minimum absolute atomic E-state index is 0.0922. The summed E-state index contributed by atoms with van der Waals surface area (Å²) in [4.78, 5) is 12.1. The minimum atomic E-state index is 0.0922. The Balaban J connectivity index is 1.87. The molecule has 30 heavy (non-hydrogen) atoms. The number of thiocarbonyl (C=S) groups is 2. The Morgan fingerprint density at radius 3 is 1.60 bits per heavy atom. The standard InChI is InChI=1S/C23H20N2O3S2/c1-16-3-11-20(12-4-16)27-22(29)25(19-9-7-18(8-10-19)15-24-26)23(30)28-21-13-5-17(2)6-14-21/h3-14H,15H2,1-2H3. The monoisotopic (exact) mass is 436 g/mol. The third kappa shape index (κ3) is 5.68. The van der Waals surface area contributed by atoms with Crippen molar-refractivity contribution in [3.05, 3.63) is 94.4 Å². The molecule has 152 valence electrons. The zero-order valence-corrected chi connectivity index (χ0v) is 18.2. The molecule has 0 amide bonds. The molecule has 0 atom stereocenters. The minimum Gasteiger partial charge on any atom is -0.431 e. The van der Waals surface area contributed by atoms with Crippen LogP contribution in [-0.2, 0) is 6.54 Å². The predicted molar refractivity (Wildman–Crippen MR) is 127 cm³/mol. The summed E-state index contributed by atoms with van der Waals surface area (Å²) in [6.07, 6.45) is 0. The summed E-state index contributed by atoms with van der Waals surface area (Å²) in [7, 11) is 0. The average molecular weight is 437 g/mol. The molecule has 3 aromatic carbocycles. The van der Waals surface area contributed by atoms with Crippen LogP contribution in [0.1, 0.15) is 16.7 Å². The predicted octanol–water partition coefficient (Wildman–Crippen LogP) is 6.10. The van der Waals surface area contributed by atoms with E-state index in [1.807, 2.05) is 62.4 Å². The second-order valence-corrected chi connectivity index (χ2v) is 7.35. The van der Waals surface area contributed by atoms with Gasteiger partial charge >= 0.3 is 0 Å². The lowest BCUT2D eigenvalue weighted by molar-refractivity contribution is 0.530. The van der Waals surface area contributed by atoms with Gasteiger partial charge in [0.1, 0.15) is 18.0 Å². The molecule has 0 spiro atoms. The Labute approximate surface area is 186 Å². The van der Waals surface area contributed by atoms with Crippen LogP contribution in [0.5, 0.6) is 11.5 Å². The molecule has 0 aromatic heterocycles. The van der Waals surface area contributed by atoms with E-state index in [4.69, 9.17) is 33.9 Å². The fraction of sp³-hybridized carbons (Fsp3) is 0.130. The number of ether oxygens (including phenoxy) is 2. The first-order chi connectivity index (χ1) is 14.5. The summed E-state index contributed by atoms with van der Waals surface area (Å²) >= 11 is 11.1. The molecule has 3 aromatic rings. The molecule has 0 saturated carbocycles. The largest absolute Gasteiger partial charge is 0.431 e. The SMILES string of the molecule is Cc1ccc(OC(=S)N(C(=S)Oc2ccc(C)cc2)c2ccc(CN=O)cc2)cc1. The number of hydrogen-bond acceptors (Lipinski definition) is 6. The number of aryl methyl sites for hydroxylation is 2. The van der Waals surface area contributed by atoms with Crippen molar-refractivity contribution in [1.29, 1.82) is 0 Å². The van der Waals surface area contributed by atoms with E-state index in [1.165, 1.54) is 4.90 Å². The highest BCUT2D eigenvalue weighted by atomic mass is 32.1. The lowest BCUT2D eigenvalue weighted by Gasteiger charge is -2.25. The normalized spacial score (nSPS) is 10.2. The Morgan fingerprint density at radius 1 is 0.767 bits per heavy atom. The molecule has 0 N–H and O–H groups in total. The van der Waals surface area contributed by atoms with Crippen molar-refractivity contribution in [2.75, 3.05) is 4.90 Å². The lowest BCUT2D eigenvalue weighted by Crippen LogP contribution is -2.40. The molecule has 0 radical (unpaired) electrons. The van der Waals surface area contributed by atoms with Crippen molar-refractivity contribution in [1.82, 2.24) is 0 Å². The van der Waals surface area contributed by atoms with E-state index < -0.39 is 0 Å². The molecule has 0 aliphatic heterocycles. The zero-order valence-electron chi connectivity index (χ0n) is 16.6. The van der Waals surface area contributed by atoms with Crippen LogP contribution in [0, 0.1) is 18.8 Å². The van der Waals surface area contributed by atoms with Gasteiger partial charge in [0, 0.05) is 0 Å². The maximum absolute atomic E-state index is 10.5. The summed E-state index contributed by atoms with van der Waals surface area (Å²) in [6.45, 7) is 4.08. The first kappa shape index (κ1) is 21.5. The van der Waals surface area contributed by atoms with Crippen LogP contribution in [0.3, 0.4) is 0 Å². The Hall–Kier alpha value is -3.16. The van der Waals surface area contributed by atoms with Crippen LogP contribution >= 0.6 is 24.4 Å². The molecule has 0 heterocycles. The maximum Gasteiger partial charge on any atom is 0.277 e. The molecule has 5 nitrogen and oxygen atoms in total. The van der Waals surface area contributed by atoms with Gasteiger partial charge in [-0.1, -0.05) is 52.7 Å². The summed E-state index contributed by atoms with van der Waals surface area (Å²) in [5, 5.41) is 3.16. The number of nitrogens with zero attached hydrogens (tertiary/aromatic N) is 2. The fourth-order valence-electron chi connectivity index (χ4n) is 2.62. The molecule has 0 bridgehead atoms. The van der Waals surface area contributed by atoms with Gasteiger partial charge in [-0.3, -0.25) is 0 Å². The average Bonchev–Trinajstić information content (AvgIpc) is 2.73. The molecular weight excluding hydrogens is 416 g/mol. The summed E-state index contributed by atoms with van der Waals surface area (Å²) in [5.41, 5.74) is 3.66. The first-order valence-electron chi connectivity index (χ1n) is 9.21. The van der Waals surface area contributed by atoms with E-state index in [0.717, 1.165) is 16.7 Å². The van der Waals surface area contributed by atoms with Gasteiger partial charge in [0.25, 0.3) is 10.3 Å². The third-order valence-corrected chi connectivity index (χ3v) is 4.79. The summed E-state index contributed by atoms with van der Waals surface area (Å²) in [6, 6.07) is 22.2. The van der Waals surface area contributed by atoms with Crippen LogP contribution in [0.4, 0.5) is 5.69 Å². The van der Waals surface area contributed by atoms with E-state index in [-0.39, 0.29) is 16.9 Å². The third-order valence-electron chi connectivity index (χ3n) is 4.26. The molecule has 0 saturated heterocycles. The Kier molecular flexibility index (Phi) is 7.21. The first-order valence-corrected chi connectivity index (χ1v) is 10.0. The van der Waals surface area contributed by atoms with E-state index in [2.05, 4.69) is 5.18 Å². The number of benzene rings is 3. The summed E-state index contributed by atoms with van der Waals surface area (Å²) < 4.78 is 11.7. The molecule has 0 fully saturated rings. The summed E-state index contributed by atoms with van der Waals surface area (Å²) in [5.74, 6) is 1.19. The van der Waals surface area contributed by atoms with Crippen molar-refractivity contribution in [3.63, 3.8) is 0 Å². The van der Waals surface area contributed by atoms with Crippen molar-refractivity contribution in [2.45, 2.75) is 20.4 Å². The Morgan fingerprint density at radius 2 is 1.20 bits per heavy atom. The number of nitroso groups, excluding NO2 is 1. The van der Waals surface area contributed by atoms with Crippen LogP contribution < -0.4 is 14.4 Å². The van der Waals surface area contributed by atoms with Crippen molar-refractivity contribution < 1.29 is 9.47 Å². The molecule has 0 aliphatic carbocycles. The van der Waals surface area contributed by atoms with E-state index in [9.17, 15) is 4.91 Å². The smallest absolute Gasteiger partial charge is 0.277 e. The van der Waals surface area contributed by atoms with Crippen LogP contribution in [0.25, 0.3) is 0 Å². The van der Waals surface area contributed by atoms with Crippen LogP contribution in [-0.4, -0.2) is 10.3 Å². The van der Waals surface area contributed by atoms with Gasteiger partial charge in [-0.05, 0) is 80.2 Å². The highest BCUT2D eigenvalue weighted by molar-refractivity contribution is 7.82. The van der Waals surface area contributed by atoms with E-state index in [0.29, 0.717) is 17.2 Å². The van der Waals surface area contributed by atoms with E-state index >= 15 is 0 Å². The lowest BCUT2D eigenvalue weighted by atomic mass is 10.2. The number of hydrogen-bond donors (Lipinski definition) is 0. The number of rotatable bonds is 5. The zero-order chi connectivity index (χ0) is 21.5.